The Balaban J connectivity index is 1.84. The monoisotopic (exact) mass is 316 g/mol. The van der Waals surface area contributed by atoms with E-state index in [0.29, 0.717) is 22.1 Å². The van der Waals surface area contributed by atoms with E-state index >= 15 is 0 Å². The number of piperidine rings is 1. The van der Waals surface area contributed by atoms with Crippen LogP contribution in [0.2, 0.25) is 0 Å². The van der Waals surface area contributed by atoms with E-state index in [2.05, 4.69) is 20.6 Å². The molecule has 1 aliphatic rings. The van der Waals surface area contributed by atoms with E-state index in [-0.39, 0.29) is 4.88 Å². The fourth-order valence-corrected chi connectivity index (χ4v) is 3.49. The molecular weight excluding hydrogens is 301 g/mol. The Morgan fingerprint density at radius 1 is 1.29 bits per heavy atom. The van der Waals surface area contributed by atoms with Gasteiger partial charge in [-0.15, -0.1) is 11.3 Å². The summed E-state index contributed by atoms with van der Waals surface area (Å²) in [6.07, 6.45) is -1.76. The number of alkyl halides is 3. The average molecular weight is 316 g/mol. The van der Waals surface area contributed by atoms with Crippen molar-refractivity contribution in [3.63, 3.8) is 0 Å². The van der Waals surface area contributed by atoms with Gasteiger partial charge in [-0.2, -0.15) is 13.2 Å². The van der Waals surface area contributed by atoms with Crippen LogP contribution in [0.5, 0.6) is 0 Å². The zero-order valence-electron chi connectivity index (χ0n) is 11.2. The lowest BCUT2D eigenvalue weighted by Gasteiger charge is -2.24. The summed E-state index contributed by atoms with van der Waals surface area (Å²) in [5.74, 6) is 0.636. The summed E-state index contributed by atoms with van der Waals surface area (Å²) in [6, 6.07) is 1.85. The Bertz CT molecular complexity index is 619. The fourth-order valence-electron chi connectivity index (χ4n) is 2.46. The minimum atomic E-state index is -4.20. The molecule has 2 N–H and O–H groups in total. The highest BCUT2D eigenvalue weighted by atomic mass is 32.1. The van der Waals surface area contributed by atoms with Gasteiger partial charge in [0.25, 0.3) is 0 Å². The van der Waals surface area contributed by atoms with Gasteiger partial charge in [0.2, 0.25) is 0 Å². The Kier molecular flexibility index (Phi) is 3.99. The molecule has 0 unspecified atom stereocenters. The first-order valence-corrected chi connectivity index (χ1v) is 7.60. The first-order chi connectivity index (χ1) is 10.0. The van der Waals surface area contributed by atoms with Crippen LogP contribution in [0.3, 0.4) is 0 Å². The summed E-state index contributed by atoms with van der Waals surface area (Å²) < 4.78 is 37.5. The molecule has 1 saturated heterocycles. The lowest BCUT2D eigenvalue weighted by Crippen LogP contribution is -2.35. The van der Waals surface area contributed by atoms with Crippen molar-refractivity contribution < 1.29 is 13.2 Å². The summed E-state index contributed by atoms with van der Waals surface area (Å²) >= 11 is 1.08. The van der Waals surface area contributed by atoms with E-state index in [0.717, 1.165) is 37.3 Å². The standard InChI is InChI=1S/C13H15F3N4S/c14-13(15,16)6-9-5-10-11(18-7-19-12(10)21-9)20-8-1-3-17-4-2-8/h5,7-8,17H,1-4,6H2,(H,18,19,20). The quantitative estimate of drug-likeness (QED) is 0.914. The zero-order valence-corrected chi connectivity index (χ0v) is 12.0. The number of rotatable bonds is 3. The maximum atomic E-state index is 12.5. The van der Waals surface area contributed by atoms with E-state index in [4.69, 9.17) is 0 Å². The van der Waals surface area contributed by atoms with Gasteiger partial charge in [-0.05, 0) is 32.0 Å². The third kappa shape index (κ3) is 3.62. The van der Waals surface area contributed by atoms with Gasteiger partial charge < -0.3 is 10.6 Å². The highest BCUT2D eigenvalue weighted by Gasteiger charge is 2.29. The molecule has 21 heavy (non-hydrogen) atoms. The average Bonchev–Trinajstić information content (AvgIpc) is 2.81. The van der Waals surface area contributed by atoms with Crippen molar-refractivity contribution >= 4 is 27.4 Å². The van der Waals surface area contributed by atoms with Crippen molar-refractivity contribution in [2.75, 3.05) is 18.4 Å². The lowest BCUT2D eigenvalue weighted by molar-refractivity contribution is -0.126. The second-order valence-corrected chi connectivity index (χ2v) is 6.23. The third-order valence-electron chi connectivity index (χ3n) is 3.44. The molecule has 8 heteroatoms. The van der Waals surface area contributed by atoms with Gasteiger partial charge in [-0.25, -0.2) is 9.97 Å². The maximum absolute atomic E-state index is 12.5. The molecule has 0 aliphatic carbocycles. The molecule has 0 aromatic carbocycles. The number of hydrogen-bond acceptors (Lipinski definition) is 5. The number of nitrogens with zero attached hydrogens (tertiary/aromatic N) is 2. The SMILES string of the molecule is FC(F)(F)Cc1cc2c(NC3CCNCC3)ncnc2s1. The molecule has 2 aromatic heterocycles. The van der Waals surface area contributed by atoms with Crippen LogP contribution in [0.25, 0.3) is 10.2 Å². The van der Waals surface area contributed by atoms with E-state index in [1.54, 1.807) is 6.07 Å². The van der Waals surface area contributed by atoms with Gasteiger partial charge in [0, 0.05) is 10.9 Å². The van der Waals surface area contributed by atoms with Crippen molar-refractivity contribution in [1.29, 1.82) is 0 Å². The second kappa shape index (κ2) is 5.76. The molecule has 0 saturated carbocycles. The molecule has 3 rings (SSSR count). The smallest absolute Gasteiger partial charge is 0.367 e. The minimum Gasteiger partial charge on any atom is -0.367 e. The molecule has 0 atom stereocenters. The van der Waals surface area contributed by atoms with Gasteiger partial charge in [0.05, 0.1) is 11.8 Å². The van der Waals surface area contributed by atoms with Gasteiger partial charge in [-0.3, -0.25) is 0 Å². The van der Waals surface area contributed by atoms with E-state index < -0.39 is 12.6 Å². The highest BCUT2D eigenvalue weighted by molar-refractivity contribution is 7.18. The molecule has 0 amide bonds. The van der Waals surface area contributed by atoms with Crippen LogP contribution >= 0.6 is 11.3 Å². The first-order valence-electron chi connectivity index (χ1n) is 6.79. The fraction of sp³-hybridized carbons (Fsp3) is 0.538. The predicted octanol–water partition coefficient (Wildman–Crippen LogP) is 2.96. The van der Waals surface area contributed by atoms with Crippen molar-refractivity contribution in [1.82, 2.24) is 15.3 Å². The van der Waals surface area contributed by atoms with Gasteiger partial charge >= 0.3 is 6.18 Å². The number of anilines is 1. The number of fused-ring (bicyclic) bond motifs is 1. The second-order valence-electron chi connectivity index (χ2n) is 5.11. The minimum absolute atomic E-state index is 0.270. The van der Waals surface area contributed by atoms with Crippen molar-refractivity contribution in [2.24, 2.45) is 0 Å². The molecule has 1 fully saturated rings. The van der Waals surface area contributed by atoms with Crippen molar-refractivity contribution in [2.45, 2.75) is 31.5 Å². The third-order valence-corrected chi connectivity index (χ3v) is 4.48. The topological polar surface area (TPSA) is 49.8 Å². The lowest BCUT2D eigenvalue weighted by atomic mass is 10.1. The van der Waals surface area contributed by atoms with Crippen LogP contribution in [0.1, 0.15) is 17.7 Å². The predicted molar refractivity (Wildman–Crippen MR) is 76.7 cm³/mol. The normalized spacial score (nSPS) is 17.3. The number of thiophene rings is 1. The molecule has 114 valence electrons. The van der Waals surface area contributed by atoms with E-state index in [1.165, 1.54) is 6.33 Å². The number of nitrogens with one attached hydrogen (secondary N) is 2. The molecule has 4 nitrogen and oxygen atoms in total. The molecule has 0 radical (unpaired) electrons. The number of aromatic nitrogens is 2. The molecule has 0 bridgehead atoms. The Morgan fingerprint density at radius 2 is 2.05 bits per heavy atom. The summed E-state index contributed by atoms with van der Waals surface area (Å²) in [7, 11) is 0. The first kappa shape index (κ1) is 14.5. The van der Waals surface area contributed by atoms with Crippen molar-refractivity contribution in [3.05, 3.63) is 17.3 Å². The Labute approximate surface area is 123 Å². The Hall–Kier alpha value is -1.41. The van der Waals surface area contributed by atoms with Crippen molar-refractivity contribution in [3.8, 4) is 0 Å². The van der Waals surface area contributed by atoms with Gasteiger partial charge in [-0.1, -0.05) is 0 Å². The zero-order chi connectivity index (χ0) is 14.9. The van der Waals surface area contributed by atoms with Crippen LogP contribution in [0.4, 0.5) is 19.0 Å². The molecule has 1 aliphatic heterocycles. The van der Waals surface area contributed by atoms with Crippen LogP contribution in [0, 0.1) is 0 Å². The summed E-state index contributed by atoms with van der Waals surface area (Å²) in [4.78, 5) is 9.13. The van der Waals surface area contributed by atoms with E-state index in [9.17, 15) is 13.2 Å². The van der Waals surface area contributed by atoms with Crippen LogP contribution in [0.15, 0.2) is 12.4 Å². The highest BCUT2D eigenvalue weighted by Crippen LogP contribution is 2.32. The van der Waals surface area contributed by atoms with Crippen LogP contribution in [-0.4, -0.2) is 35.3 Å². The Morgan fingerprint density at radius 3 is 2.76 bits per heavy atom. The molecule has 3 heterocycles. The number of halogens is 3. The summed E-state index contributed by atoms with van der Waals surface area (Å²) in [5, 5.41) is 7.29. The molecule has 0 spiro atoms. The summed E-state index contributed by atoms with van der Waals surface area (Å²) in [5.41, 5.74) is 0. The van der Waals surface area contributed by atoms with Crippen LogP contribution < -0.4 is 10.6 Å². The van der Waals surface area contributed by atoms with Gasteiger partial charge in [0.1, 0.15) is 17.0 Å². The maximum Gasteiger partial charge on any atom is 0.393 e. The van der Waals surface area contributed by atoms with E-state index in [1.807, 2.05) is 0 Å². The molecular formula is C13H15F3N4S. The summed E-state index contributed by atoms with van der Waals surface area (Å²) in [6.45, 7) is 1.88. The number of hydrogen-bond donors (Lipinski definition) is 2. The van der Waals surface area contributed by atoms with Gasteiger partial charge in [0.15, 0.2) is 0 Å². The van der Waals surface area contributed by atoms with Crippen LogP contribution in [-0.2, 0) is 6.42 Å². The largest absolute Gasteiger partial charge is 0.393 e. The molecule has 2 aromatic rings.